The first-order valence-electron chi connectivity index (χ1n) is 9.55. The normalized spacial score (nSPS) is 17.0. The lowest BCUT2D eigenvalue weighted by Gasteiger charge is -2.42. The van der Waals surface area contributed by atoms with Crippen molar-refractivity contribution < 1.29 is 19.1 Å². The van der Waals surface area contributed by atoms with Crippen LogP contribution in [0.3, 0.4) is 0 Å². The van der Waals surface area contributed by atoms with Gasteiger partial charge in [-0.2, -0.15) is 0 Å². The maximum absolute atomic E-state index is 12.2. The van der Waals surface area contributed by atoms with Gasteiger partial charge >= 0.3 is 0 Å². The Morgan fingerprint density at radius 2 is 1.93 bits per heavy atom. The SMILES string of the molecule is C/C(=N\OCC(=O)NCC1(c2ccccc2)CCC1)c1ccc2c(c1)OCO2. The summed E-state index contributed by atoms with van der Waals surface area (Å²) >= 11 is 0. The van der Waals surface area contributed by atoms with E-state index in [4.69, 9.17) is 14.3 Å². The van der Waals surface area contributed by atoms with E-state index in [9.17, 15) is 4.79 Å². The standard InChI is InChI=1S/C22H24N2O4/c1-16(17-8-9-19-20(12-17)27-15-26-19)24-28-13-21(25)23-14-22(10-5-11-22)18-6-3-2-4-7-18/h2-4,6-9,12H,5,10-11,13-15H2,1H3,(H,23,25)/b24-16+. The number of amides is 1. The molecule has 0 bridgehead atoms. The van der Waals surface area contributed by atoms with Gasteiger partial charge in [0.25, 0.3) is 5.91 Å². The van der Waals surface area contributed by atoms with Gasteiger partial charge in [-0.25, -0.2) is 0 Å². The third kappa shape index (κ3) is 3.81. The van der Waals surface area contributed by atoms with Crippen molar-refractivity contribution in [3.63, 3.8) is 0 Å². The quantitative estimate of drug-likeness (QED) is 0.590. The fourth-order valence-corrected chi connectivity index (χ4v) is 3.64. The first-order chi connectivity index (χ1) is 13.7. The summed E-state index contributed by atoms with van der Waals surface area (Å²) in [7, 11) is 0. The van der Waals surface area contributed by atoms with Gasteiger partial charge in [0.2, 0.25) is 6.79 Å². The molecule has 0 saturated heterocycles. The van der Waals surface area contributed by atoms with E-state index >= 15 is 0 Å². The summed E-state index contributed by atoms with van der Waals surface area (Å²) in [4.78, 5) is 17.4. The second kappa shape index (κ2) is 7.92. The molecule has 0 radical (unpaired) electrons. The first-order valence-corrected chi connectivity index (χ1v) is 9.55. The molecule has 1 aliphatic heterocycles. The van der Waals surface area contributed by atoms with Crippen LogP contribution in [0.1, 0.15) is 37.3 Å². The average molecular weight is 380 g/mol. The number of hydrogen-bond donors (Lipinski definition) is 1. The van der Waals surface area contributed by atoms with Crippen LogP contribution >= 0.6 is 0 Å². The number of nitrogens with zero attached hydrogens (tertiary/aromatic N) is 1. The molecule has 2 aromatic rings. The number of oxime groups is 1. The predicted octanol–water partition coefficient (Wildman–Crippen LogP) is 3.39. The van der Waals surface area contributed by atoms with E-state index in [1.54, 1.807) is 0 Å². The van der Waals surface area contributed by atoms with Crippen molar-refractivity contribution in [2.45, 2.75) is 31.6 Å². The third-order valence-corrected chi connectivity index (χ3v) is 5.51. The minimum Gasteiger partial charge on any atom is -0.454 e. The molecule has 0 aromatic heterocycles. The number of carbonyl (C=O) groups excluding carboxylic acids is 1. The Balaban J connectivity index is 1.28. The Kier molecular flexibility index (Phi) is 5.19. The van der Waals surface area contributed by atoms with E-state index in [0.29, 0.717) is 18.0 Å². The molecule has 1 amide bonds. The van der Waals surface area contributed by atoms with Gasteiger partial charge in [0.1, 0.15) is 0 Å². The van der Waals surface area contributed by atoms with Crippen LogP contribution in [0.4, 0.5) is 0 Å². The van der Waals surface area contributed by atoms with Crippen LogP contribution < -0.4 is 14.8 Å². The summed E-state index contributed by atoms with van der Waals surface area (Å²) in [6, 6.07) is 16.0. The molecule has 1 saturated carbocycles. The summed E-state index contributed by atoms with van der Waals surface area (Å²) in [6.07, 6.45) is 3.39. The maximum atomic E-state index is 12.2. The van der Waals surface area contributed by atoms with E-state index < -0.39 is 0 Å². The molecule has 28 heavy (non-hydrogen) atoms. The minimum absolute atomic E-state index is 0.0581. The number of rotatable bonds is 7. The molecule has 2 aromatic carbocycles. The van der Waals surface area contributed by atoms with Crippen molar-refractivity contribution in [3.8, 4) is 11.5 Å². The summed E-state index contributed by atoms with van der Waals surface area (Å²) < 4.78 is 10.7. The highest BCUT2D eigenvalue weighted by molar-refractivity contribution is 5.99. The molecule has 146 valence electrons. The van der Waals surface area contributed by atoms with Crippen molar-refractivity contribution in [2.24, 2.45) is 5.16 Å². The van der Waals surface area contributed by atoms with Crippen molar-refractivity contribution >= 4 is 11.6 Å². The molecule has 1 fully saturated rings. The number of hydrogen-bond acceptors (Lipinski definition) is 5. The topological polar surface area (TPSA) is 69.2 Å². The summed E-state index contributed by atoms with van der Waals surface area (Å²) in [5, 5.41) is 7.06. The van der Waals surface area contributed by atoms with Gasteiger partial charge in [0.15, 0.2) is 18.1 Å². The van der Waals surface area contributed by atoms with E-state index in [0.717, 1.165) is 24.2 Å². The Morgan fingerprint density at radius 1 is 1.14 bits per heavy atom. The van der Waals surface area contributed by atoms with Gasteiger partial charge in [-0.15, -0.1) is 0 Å². The van der Waals surface area contributed by atoms with Crippen molar-refractivity contribution in [3.05, 3.63) is 59.7 Å². The second-order valence-corrected chi connectivity index (χ2v) is 7.29. The zero-order valence-corrected chi connectivity index (χ0v) is 15.9. The largest absolute Gasteiger partial charge is 0.454 e. The minimum atomic E-state index is -0.163. The van der Waals surface area contributed by atoms with Crippen LogP contribution in [-0.4, -0.2) is 31.6 Å². The van der Waals surface area contributed by atoms with E-state index in [-0.39, 0.29) is 24.7 Å². The molecular weight excluding hydrogens is 356 g/mol. The van der Waals surface area contributed by atoms with Gasteiger partial charge in [-0.1, -0.05) is 41.9 Å². The number of carbonyl (C=O) groups is 1. The highest BCUT2D eigenvalue weighted by Crippen LogP contribution is 2.43. The summed E-state index contributed by atoms with van der Waals surface area (Å²) in [5.41, 5.74) is 2.88. The zero-order chi connectivity index (χ0) is 19.4. The van der Waals surface area contributed by atoms with Crippen LogP contribution in [-0.2, 0) is 15.0 Å². The second-order valence-electron chi connectivity index (χ2n) is 7.29. The summed E-state index contributed by atoms with van der Waals surface area (Å²) in [5.74, 6) is 1.25. The van der Waals surface area contributed by atoms with Crippen molar-refractivity contribution in [1.82, 2.24) is 5.32 Å². The van der Waals surface area contributed by atoms with Crippen LogP contribution in [0.2, 0.25) is 0 Å². The Bertz CT molecular complexity index is 875. The number of fused-ring (bicyclic) bond motifs is 1. The summed E-state index contributed by atoms with van der Waals surface area (Å²) in [6.45, 7) is 2.58. The van der Waals surface area contributed by atoms with Crippen LogP contribution in [0.5, 0.6) is 11.5 Å². The molecule has 1 N–H and O–H groups in total. The predicted molar refractivity (Wildman–Crippen MR) is 106 cm³/mol. The van der Waals surface area contributed by atoms with Gasteiger partial charge in [-0.3, -0.25) is 4.79 Å². The monoisotopic (exact) mass is 380 g/mol. The molecule has 4 rings (SSSR count). The van der Waals surface area contributed by atoms with Gasteiger partial charge in [0, 0.05) is 17.5 Å². The molecule has 1 aliphatic carbocycles. The van der Waals surface area contributed by atoms with Gasteiger partial charge in [0.05, 0.1) is 5.71 Å². The van der Waals surface area contributed by atoms with E-state index in [2.05, 4.69) is 22.6 Å². The zero-order valence-electron chi connectivity index (χ0n) is 15.9. The Hall–Kier alpha value is -3.02. The van der Waals surface area contributed by atoms with E-state index in [1.165, 1.54) is 12.0 Å². The first kappa shape index (κ1) is 18.3. The van der Waals surface area contributed by atoms with Crippen LogP contribution in [0.15, 0.2) is 53.7 Å². The molecule has 6 heteroatoms. The van der Waals surface area contributed by atoms with Gasteiger partial charge < -0.3 is 19.6 Å². The van der Waals surface area contributed by atoms with Gasteiger partial charge in [-0.05, 0) is 43.5 Å². The van der Waals surface area contributed by atoms with E-state index in [1.807, 2.05) is 43.3 Å². The number of ether oxygens (including phenoxy) is 2. The Morgan fingerprint density at radius 3 is 2.68 bits per heavy atom. The molecule has 0 atom stereocenters. The smallest absolute Gasteiger partial charge is 0.260 e. The molecule has 2 aliphatic rings. The third-order valence-electron chi connectivity index (χ3n) is 5.51. The Labute approximate surface area is 164 Å². The van der Waals surface area contributed by atoms with Crippen LogP contribution in [0, 0.1) is 0 Å². The molecular formula is C22H24N2O4. The fraction of sp³-hybridized carbons (Fsp3) is 0.364. The molecule has 6 nitrogen and oxygen atoms in total. The number of nitrogens with one attached hydrogen (secondary N) is 1. The van der Waals surface area contributed by atoms with Crippen molar-refractivity contribution in [2.75, 3.05) is 19.9 Å². The average Bonchev–Trinajstić information content (AvgIpc) is 3.15. The highest BCUT2D eigenvalue weighted by atomic mass is 16.7. The fourth-order valence-electron chi connectivity index (χ4n) is 3.64. The van der Waals surface area contributed by atoms with Crippen molar-refractivity contribution in [1.29, 1.82) is 0 Å². The number of benzene rings is 2. The van der Waals surface area contributed by atoms with Crippen LogP contribution in [0.25, 0.3) is 0 Å². The lowest BCUT2D eigenvalue weighted by atomic mass is 9.64. The lowest BCUT2D eigenvalue weighted by Crippen LogP contribution is -2.46. The molecule has 0 spiro atoms. The maximum Gasteiger partial charge on any atom is 0.260 e. The molecule has 0 unspecified atom stereocenters. The lowest BCUT2D eigenvalue weighted by molar-refractivity contribution is -0.126. The molecule has 1 heterocycles. The highest BCUT2D eigenvalue weighted by Gasteiger charge is 2.38.